The van der Waals surface area contributed by atoms with E-state index in [2.05, 4.69) is 27.5 Å². The molecule has 368 valence electrons. The molecule has 0 saturated carbocycles. The Bertz CT molecular complexity index is 1360. The Morgan fingerprint density at radius 1 is 0.625 bits per heavy atom. The summed E-state index contributed by atoms with van der Waals surface area (Å²) in [5.41, 5.74) is 6.91. The van der Waals surface area contributed by atoms with E-state index in [9.17, 15) is 28.8 Å². The molecule has 0 saturated heterocycles. The Balaban J connectivity index is 1.96. The van der Waals surface area contributed by atoms with E-state index in [-0.39, 0.29) is 88.1 Å². The van der Waals surface area contributed by atoms with Gasteiger partial charge in [-0.3, -0.25) is 24.0 Å². The van der Waals surface area contributed by atoms with Crippen LogP contribution in [0.2, 0.25) is 0 Å². The fourth-order valence-corrected chi connectivity index (χ4v) is 7.49. The Morgan fingerprint density at radius 3 is 1.72 bits per heavy atom. The number of imidazole rings is 1. The van der Waals surface area contributed by atoms with E-state index < -0.39 is 17.9 Å². The van der Waals surface area contributed by atoms with Crippen LogP contribution in [0.15, 0.2) is 12.5 Å². The number of unbranched alkanes of at least 4 members (excludes halogenated alkanes) is 15. The Labute approximate surface area is 385 Å². The van der Waals surface area contributed by atoms with Crippen molar-refractivity contribution in [1.82, 2.24) is 20.6 Å². The smallest absolute Gasteiger partial charge is 0.246 e. The van der Waals surface area contributed by atoms with Gasteiger partial charge in [-0.1, -0.05) is 110 Å². The van der Waals surface area contributed by atoms with Crippen molar-refractivity contribution in [3.8, 4) is 0 Å². The standard InChI is InChI=1S/C49H87N5O10/c1-4-5-6-7-8-9-10-11-12-13-14-15-16-17-18-22-43(56)23-21-29-61-31-33-63-38-48(59)53-28-30-62-32-34-64-37-47(58)52-27-20-19-24-44(46(57)26-25-40(2)55)41(3)49(60)45(50)35-42-36-51-39-54-42/h36,39,41,44-45H,4-35,37-38,50H2,1-3H3,(H,51,54)(H,52,58)(H,53,59)/t41?,44-,45+/m1/s1. The van der Waals surface area contributed by atoms with E-state index in [0.717, 1.165) is 18.5 Å². The average molecular weight is 906 g/mol. The van der Waals surface area contributed by atoms with Gasteiger partial charge < -0.3 is 45.1 Å². The van der Waals surface area contributed by atoms with Crippen molar-refractivity contribution in [2.45, 2.75) is 181 Å². The molecule has 5 N–H and O–H groups in total. The molecule has 1 rings (SSSR count). The topological polar surface area (TPSA) is 218 Å². The third-order valence-electron chi connectivity index (χ3n) is 11.4. The molecule has 1 aromatic rings. The molecule has 15 heteroatoms. The first-order chi connectivity index (χ1) is 31.0. The first kappa shape index (κ1) is 58.6. The summed E-state index contributed by atoms with van der Waals surface area (Å²) in [7, 11) is 0. The molecule has 0 aliphatic heterocycles. The van der Waals surface area contributed by atoms with Gasteiger partial charge in [-0.05, 0) is 32.6 Å². The zero-order valence-corrected chi connectivity index (χ0v) is 40.0. The lowest BCUT2D eigenvalue weighted by molar-refractivity contribution is -0.133. The number of carbonyl (C=O) groups excluding carboxylic acids is 6. The number of rotatable bonds is 47. The summed E-state index contributed by atoms with van der Waals surface area (Å²) in [6, 6.07) is -0.787. The maximum absolute atomic E-state index is 13.1. The second-order valence-electron chi connectivity index (χ2n) is 17.2. The van der Waals surface area contributed by atoms with Crippen molar-refractivity contribution < 1.29 is 47.7 Å². The molecule has 0 radical (unpaired) electrons. The van der Waals surface area contributed by atoms with Crippen LogP contribution in [0.4, 0.5) is 0 Å². The number of ether oxygens (including phenoxy) is 4. The molecular formula is C49H87N5O10. The Kier molecular flexibility index (Phi) is 37.7. The van der Waals surface area contributed by atoms with E-state index in [0.29, 0.717) is 70.6 Å². The van der Waals surface area contributed by atoms with Crippen LogP contribution in [0.3, 0.4) is 0 Å². The molecule has 64 heavy (non-hydrogen) atoms. The minimum Gasteiger partial charge on any atom is -0.379 e. The lowest BCUT2D eigenvalue weighted by Crippen LogP contribution is -2.41. The predicted octanol–water partition coefficient (Wildman–Crippen LogP) is 7.12. The summed E-state index contributed by atoms with van der Waals surface area (Å²) < 4.78 is 21.7. The molecule has 1 aromatic heterocycles. The maximum atomic E-state index is 13.1. The molecule has 0 bridgehead atoms. The number of carbonyl (C=O) groups is 6. The molecule has 0 fully saturated rings. The highest BCUT2D eigenvalue weighted by Crippen LogP contribution is 2.24. The first-order valence-electron chi connectivity index (χ1n) is 24.7. The summed E-state index contributed by atoms with van der Waals surface area (Å²) in [6.45, 7) is 7.78. The summed E-state index contributed by atoms with van der Waals surface area (Å²) in [5, 5.41) is 5.51. The van der Waals surface area contributed by atoms with Crippen LogP contribution in [-0.4, -0.2) is 117 Å². The lowest BCUT2D eigenvalue weighted by Gasteiger charge is -2.24. The molecule has 0 aliphatic carbocycles. The predicted molar refractivity (Wildman–Crippen MR) is 250 cm³/mol. The molecule has 1 heterocycles. The van der Waals surface area contributed by atoms with E-state index >= 15 is 0 Å². The second-order valence-corrected chi connectivity index (χ2v) is 17.2. The van der Waals surface area contributed by atoms with Crippen molar-refractivity contribution in [3.05, 3.63) is 18.2 Å². The van der Waals surface area contributed by atoms with E-state index in [4.69, 9.17) is 24.7 Å². The summed E-state index contributed by atoms with van der Waals surface area (Å²) in [5.74, 6) is -1.83. The molecule has 3 atom stereocenters. The van der Waals surface area contributed by atoms with Gasteiger partial charge in [0.15, 0.2) is 5.78 Å². The van der Waals surface area contributed by atoms with Crippen molar-refractivity contribution in [2.24, 2.45) is 17.6 Å². The third-order valence-corrected chi connectivity index (χ3v) is 11.4. The van der Waals surface area contributed by atoms with Crippen molar-refractivity contribution in [2.75, 3.05) is 65.9 Å². The molecule has 0 aromatic carbocycles. The molecule has 15 nitrogen and oxygen atoms in total. The number of ketones is 4. The fourth-order valence-electron chi connectivity index (χ4n) is 7.49. The number of nitrogens with two attached hydrogens (primary N) is 1. The number of nitrogens with one attached hydrogen (secondary N) is 3. The van der Waals surface area contributed by atoms with Gasteiger partial charge in [-0.2, -0.15) is 0 Å². The van der Waals surface area contributed by atoms with Gasteiger partial charge in [0.1, 0.15) is 30.6 Å². The van der Waals surface area contributed by atoms with Crippen molar-refractivity contribution >= 4 is 34.9 Å². The first-order valence-corrected chi connectivity index (χ1v) is 24.7. The van der Waals surface area contributed by atoms with Gasteiger partial charge >= 0.3 is 0 Å². The third kappa shape index (κ3) is 34.0. The van der Waals surface area contributed by atoms with Crippen LogP contribution in [0.1, 0.15) is 174 Å². The average Bonchev–Trinajstić information content (AvgIpc) is 3.79. The Hall–Kier alpha value is -3.37. The number of H-pyrrole nitrogens is 1. The van der Waals surface area contributed by atoms with Crippen LogP contribution >= 0.6 is 0 Å². The van der Waals surface area contributed by atoms with Gasteiger partial charge in [-0.15, -0.1) is 0 Å². The fraction of sp³-hybridized carbons (Fsp3) is 0.816. The van der Waals surface area contributed by atoms with E-state index in [1.165, 1.54) is 96.7 Å². The molecule has 1 unspecified atom stereocenters. The summed E-state index contributed by atoms with van der Waals surface area (Å²) in [6.07, 6.45) is 26.9. The maximum Gasteiger partial charge on any atom is 0.246 e. The van der Waals surface area contributed by atoms with Crippen LogP contribution in [0.25, 0.3) is 0 Å². The van der Waals surface area contributed by atoms with Gasteiger partial charge in [0.05, 0.1) is 45.4 Å². The highest BCUT2D eigenvalue weighted by atomic mass is 16.5. The molecule has 2 amide bonds. The van der Waals surface area contributed by atoms with Crippen LogP contribution < -0.4 is 16.4 Å². The monoisotopic (exact) mass is 906 g/mol. The number of hydrogen-bond acceptors (Lipinski definition) is 12. The summed E-state index contributed by atoms with van der Waals surface area (Å²) >= 11 is 0. The van der Waals surface area contributed by atoms with Crippen LogP contribution in [0.5, 0.6) is 0 Å². The number of amides is 2. The number of aromatic amines is 1. The van der Waals surface area contributed by atoms with Gasteiger partial charge in [0.25, 0.3) is 0 Å². The lowest BCUT2D eigenvalue weighted by atomic mass is 9.79. The zero-order chi connectivity index (χ0) is 46.9. The van der Waals surface area contributed by atoms with Crippen molar-refractivity contribution in [3.63, 3.8) is 0 Å². The van der Waals surface area contributed by atoms with Crippen LogP contribution in [-0.2, 0) is 54.1 Å². The van der Waals surface area contributed by atoms with Gasteiger partial charge in [-0.25, -0.2) is 4.98 Å². The number of hydrogen-bond donors (Lipinski definition) is 4. The second kappa shape index (κ2) is 41.1. The SMILES string of the molecule is CCCCCCCCCCCCCCCCCC(=O)CCCOCCOCC(=O)NCCOCCOCC(=O)NCCCC[C@@H](C(=O)CCC(C)=O)C(C)C(=O)[C@@H](N)Cc1cnc[nH]1. The molecular weight excluding hydrogens is 819 g/mol. The van der Waals surface area contributed by atoms with Gasteiger partial charge in [0, 0.05) is 75.5 Å². The molecule has 0 aliphatic rings. The quantitative estimate of drug-likeness (QED) is 0.0481. The minimum atomic E-state index is -0.787. The van der Waals surface area contributed by atoms with E-state index in [1.807, 2.05) is 0 Å². The van der Waals surface area contributed by atoms with Crippen molar-refractivity contribution in [1.29, 1.82) is 0 Å². The number of aromatic nitrogens is 2. The highest BCUT2D eigenvalue weighted by molar-refractivity contribution is 5.93. The zero-order valence-electron chi connectivity index (χ0n) is 40.0. The highest BCUT2D eigenvalue weighted by Gasteiger charge is 2.32. The molecule has 0 spiro atoms. The largest absolute Gasteiger partial charge is 0.379 e. The minimum absolute atomic E-state index is 0.0808. The summed E-state index contributed by atoms with van der Waals surface area (Å²) in [4.78, 5) is 80.9. The van der Waals surface area contributed by atoms with Gasteiger partial charge in [0.2, 0.25) is 11.8 Å². The normalized spacial score (nSPS) is 12.8. The van der Waals surface area contributed by atoms with E-state index in [1.54, 1.807) is 13.1 Å². The number of nitrogens with zero attached hydrogens (tertiary/aromatic N) is 1. The Morgan fingerprint density at radius 2 is 1.16 bits per heavy atom. The van der Waals surface area contributed by atoms with Crippen LogP contribution in [0, 0.1) is 11.8 Å². The number of Topliss-reactive ketones (excluding diaryl/α,β-unsaturated/α-hetero) is 4.